The maximum atomic E-state index is 13.0. The zero-order valence-corrected chi connectivity index (χ0v) is 18.9. The fourth-order valence-electron chi connectivity index (χ4n) is 3.07. The van der Waals surface area contributed by atoms with Crippen LogP contribution in [0.4, 0.5) is 29.3 Å². The Morgan fingerprint density at radius 2 is 1.43 bits per heavy atom. The molecule has 0 atom stereocenters. The number of methoxy groups -OCH3 is 2. The Bertz CT molecular complexity index is 1210. The maximum Gasteiger partial charge on any atom is 0.416 e. The van der Waals surface area contributed by atoms with Crippen molar-refractivity contribution >= 4 is 23.3 Å². The second kappa shape index (κ2) is 10.7. The molecule has 3 amide bonds. The van der Waals surface area contributed by atoms with Crippen molar-refractivity contribution in [1.29, 1.82) is 0 Å². The van der Waals surface area contributed by atoms with E-state index >= 15 is 0 Å². The highest BCUT2D eigenvalue weighted by Crippen LogP contribution is 2.35. The molecular weight excluding hydrogens is 467 g/mol. The van der Waals surface area contributed by atoms with Crippen LogP contribution in [0, 0.1) is 0 Å². The minimum atomic E-state index is -4.57. The average molecular weight is 489 g/mol. The lowest BCUT2D eigenvalue weighted by Gasteiger charge is -2.14. The smallest absolute Gasteiger partial charge is 0.416 e. The number of rotatable bonds is 7. The van der Waals surface area contributed by atoms with E-state index in [-0.39, 0.29) is 17.3 Å². The molecule has 0 saturated carbocycles. The van der Waals surface area contributed by atoms with Crippen LogP contribution in [0.1, 0.15) is 15.9 Å². The molecule has 3 rings (SSSR count). The molecule has 0 unspecified atom stereocenters. The molecule has 3 aromatic rings. The van der Waals surface area contributed by atoms with E-state index in [2.05, 4.69) is 16.0 Å². The number of alkyl halides is 3. The Labute approximate surface area is 199 Å². The van der Waals surface area contributed by atoms with E-state index in [1.807, 2.05) is 0 Å². The lowest BCUT2D eigenvalue weighted by Crippen LogP contribution is -2.20. The summed E-state index contributed by atoms with van der Waals surface area (Å²) < 4.78 is 54.9. The molecule has 0 saturated heterocycles. The standard InChI is InChI=1S/C24H22F3N3O5/c1-28-22(31)18-13-17(9-11-20(18)33-2)35-16-7-5-15(6-8-16)29-23(32)30-19-12-14(24(25,26)27)4-10-21(19)34-3/h4-13H,1-3H3,(H,28,31)(H2,29,30,32). The number of urea groups is 1. The van der Waals surface area contributed by atoms with Gasteiger partial charge in [-0.1, -0.05) is 0 Å². The fourth-order valence-corrected chi connectivity index (χ4v) is 3.07. The first-order chi connectivity index (χ1) is 16.6. The van der Waals surface area contributed by atoms with Gasteiger partial charge in [0, 0.05) is 12.7 Å². The van der Waals surface area contributed by atoms with Crippen molar-refractivity contribution in [3.8, 4) is 23.0 Å². The number of carbonyl (C=O) groups is 2. The molecule has 35 heavy (non-hydrogen) atoms. The Hall–Kier alpha value is -4.41. The highest BCUT2D eigenvalue weighted by atomic mass is 19.4. The van der Waals surface area contributed by atoms with Crippen LogP contribution in [0.15, 0.2) is 60.7 Å². The highest BCUT2D eigenvalue weighted by Gasteiger charge is 2.31. The highest BCUT2D eigenvalue weighted by molar-refractivity contribution is 6.00. The van der Waals surface area contributed by atoms with Gasteiger partial charge in [0.2, 0.25) is 0 Å². The minimum absolute atomic E-state index is 0.0764. The van der Waals surface area contributed by atoms with E-state index in [9.17, 15) is 22.8 Å². The molecule has 0 fully saturated rings. The van der Waals surface area contributed by atoms with E-state index in [0.717, 1.165) is 18.2 Å². The molecule has 0 heterocycles. The van der Waals surface area contributed by atoms with Gasteiger partial charge in [0.05, 0.1) is 31.0 Å². The van der Waals surface area contributed by atoms with E-state index in [1.54, 1.807) is 36.4 Å². The summed E-state index contributed by atoms with van der Waals surface area (Å²) in [6.07, 6.45) is -4.57. The van der Waals surface area contributed by atoms with Crippen molar-refractivity contribution in [2.24, 2.45) is 0 Å². The molecule has 0 spiro atoms. The average Bonchev–Trinajstić information content (AvgIpc) is 2.84. The van der Waals surface area contributed by atoms with Gasteiger partial charge in [0.1, 0.15) is 23.0 Å². The monoisotopic (exact) mass is 489 g/mol. The molecular formula is C24H22F3N3O5. The number of halogens is 3. The number of carbonyl (C=O) groups excluding carboxylic acids is 2. The van der Waals surface area contributed by atoms with Crippen molar-refractivity contribution in [2.45, 2.75) is 6.18 Å². The summed E-state index contributed by atoms with van der Waals surface area (Å²) >= 11 is 0. The lowest BCUT2D eigenvalue weighted by atomic mass is 10.1. The molecule has 11 heteroatoms. The van der Waals surface area contributed by atoms with Gasteiger partial charge in [-0.05, 0) is 60.7 Å². The third-order valence-electron chi connectivity index (χ3n) is 4.77. The molecule has 184 valence electrons. The number of anilines is 2. The van der Waals surface area contributed by atoms with Crippen LogP contribution in [-0.2, 0) is 6.18 Å². The first-order valence-corrected chi connectivity index (χ1v) is 10.2. The fraction of sp³-hybridized carbons (Fsp3) is 0.167. The number of ether oxygens (including phenoxy) is 3. The van der Waals surface area contributed by atoms with Crippen molar-refractivity contribution in [2.75, 3.05) is 31.9 Å². The van der Waals surface area contributed by atoms with Crippen LogP contribution < -0.4 is 30.2 Å². The summed E-state index contributed by atoms with van der Waals surface area (Å²) in [5, 5.41) is 7.40. The molecule has 0 aliphatic carbocycles. The summed E-state index contributed by atoms with van der Waals surface area (Å²) in [6.45, 7) is 0. The van der Waals surface area contributed by atoms with Gasteiger partial charge in [-0.15, -0.1) is 0 Å². The Kier molecular flexibility index (Phi) is 7.69. The molecule has 0 aromatic heterocycles. The molecule has 0 radical (unpaired) electrons. The molecule has 0 aliphatic rings. The first kappa shape index (κ1) is 25.2. The van der Waals surface area contributed by atoms with E-state index < -0.39 is 17.8 Å². The molecule has 8 nitrogen and oxygen atoms in total. The van der Waals surface area contributed by atoms with Crippen LogP contribution in [0.5, 0.6) is 23.0 Å². The SMILES string of the molecule is CNC(=O)c1cc(Oc2ccc(NC(=O)Nc3cc(C(F)(F)F)ccc3OC)cc2)ccc1OC. The Morgan fingerprint density at radius 3 is 2.03 bits per heavy atom. The third-order valence-corrected chi connectivity index (χ3v) is 4.77. The predicted octanol–water partition coefficient (Wildman–Crippen LogP) is 5.52. The maximum absolute atomic E-state index is 13.0. The Morgan fingerprint density at radius 1 is 0.800 bits per heavy atom. The van der Waals surface area contributed by atoms with Crippen LogP contribution in [0.25, 0.3) is 0 Å². The van der Waals surface area contributed by atoms with Gasteiger partial charge in [-0.3, -0.25) is 4.79 Å². The van der Waals surface area contributed by atoms with Crippen molar-refractivity contribution in [3.05, 3.63) is 71.8 Å². The van der Waals surface area contributed by atoms with Crippen molar-refractivity contribution in [3.63, 3.8) is 0 Å². The summed E-state index contributed by atoms with van der Waals surface area (Å²) in [4.78, 5) is 24.4. The summed E-state index contributed by atoms with van der Waals surface area (Å²) in [5.41, 5.74) is -0.395. The Balaban J connectivity index is 1.68. The van der Waals surface area contributed by atoms with E-state index in [1.165, 1.54) is 27.3 Å². The summed E-state index contributed by atoms with van der Waals surface area (Å²) in [7, 11) is 4.23. The van der Waals surface area contributed by atoms with Gasteiger partial charge >= 0.3 is 12.2 Å². The number of amides is 3. The van der Waals surface area contributed by atoms with Crippen LogP contribution >= 0.6 is 0 Å². The van der Waals surface area contributed by atoms with Crippen LogP contribution in [-0.4, -0.2) is 33.2 Å². The molecule has 3 aromatic carbocycles. The molecule has 0 bridgehead atoms. The quantitative estimate of drug-likeness (QED) is 0.406. The van der Waals surface area contributed by atoms with Crippen molar-refractivity contribution in [1.82, 2.24) is 5.32 Å². The lowest BCUT2D eigenvalue weighted by molar-refractivity contribution is -0.137. The number of nitrogens with one attached hydrogen (secondary N) is 3. The normalized spacial score (nSPS) is 10.8. The zero-order valence-electron chi connectivity index (χ0n) is 18.9. The minimum Gasteiger partial charge on any atom is -0.496 e. The third kappa shape index (κ3) is 6.34. The largest absolute Gasteiger partial charge is 0.496 e. The van der Waals surface area contributed by atoms with Crippen LogP contribution in [0.3, 0.4) is 0 Å². The van der Waals surface area contributed by atoms with E-state index in [0.29, 0.717) is 28.5 Å². The first-order valence-electron chi connectivity index (χ1n) is 10.2. The van der Waals surface area contributed by atoms with Gasteiger partial charge in [-0.2, -0.15) is 13.2 Å². The number of benzene rings is 3. The van der Waals surface area contributed by atoms with E-state index in [4.69, 9.17) is 14.2 Å². The molecule has 3 N–H and O–H groups in total. The second-order valence-electron chi connectivity index (χ2n) is 7.06. The van der Waals surface area contributed by atoms with Crippen molar-refractivity contribution < 1.29 is 37.0 Å². The van der Waals surface area contributed by atoms with Gasteiger partial charge in [0.15, 0.2) is 0 Å². The zero-order chi connectivity index (χ0) is 25.6. The second-order valence-corrected chi connectivity index (χ2v) is 7.06. The number of hydrogen-bond acceptors (Lipinski definition) is 5. The number of hydrogen-bond donors (Lipinski definition) is 3. The van der Waals surface area contributed by atoms with Gasteiger partial charge in [-0.25, -0.2) is 4.79 Å². The predicted molar refractivity (Wildman–Crippen MR) is 124 cm³/mol. The topological polar surface area (TPSA) is 97.9 Å². The van der Waals surface area contributed by atoms with Crippen LogP contribution in [0.2, 0.25) is 0 Å². The summed E-state index contributed by atoms with van der Waals surface area (Å²) in [5.74, 6) is 0.936. The summed E-state index contributed by atoms with van der Waals surface area (Å²) in [6, 6.07) is 13.0. The van der Waals surface area contributed by atoms with Gasteiger partial charge in [0.25, 0.3) is 5.91 Å². The molecule has 0 aliphatic heterocycles. The van der Waals surface area contributed by atoms with Gasteiger partial charge < -0.3 is 30.2 Å².